The molecule has 0 N–H and O–H groups in total. The van der Waals surface area contributed by atoms with Gasteiger partial charge in [-0.2, -0.15) is 0 Å². The Balaban J connectivity index is 1.14. The number of benzene rings is 9. The van der Waals surface area contributed by atoms with E-state index < -0.39 is 0 Å². The van der Waals surface area contributed by atoms with Gasteiger partial charge in [-0.05, 0) is 103 Å². The van der Waals surface area contributed by atoms with Crippen molar-refractivity contribution in [3.63, 3.8) is 0 Å². The summed E-state index contributed by atoms with van der Waals surface area (Å²) in [5, 5.41) is 6.24. The predicted molar refractivity (Wildman–Crippen MR) is 220 cm³/mol. The third-order valence-electron chi connectivity index (χ3n) is 9.96. The summed E-state index contributed by atoms with van der Waals surface area (Å²) in [5.41, 5.74) is 8.36. The molecule has 0 aliphatic rings. The van der Waals surface area contributed by atoms with Gasteiger partial charge in [-0.1, -0.05) is 152 Å². The van der Waals surface area contributed by atoms with Crippen LogP contribution in [0.2, 0.25) is 0 Å². The number of nitrogens with zero attached hydrogens (tertiary/aromatic N) is 1. The molecule has 0 saturated heterocycles. The first-order chi connectivity index (χ1) is 27.5. The molecule has 9 aromatic carbocycles. The maximum Gasteiger partial charge on any atom is 0.136 e. The molecule has 0 aliphatic carbocycles. The van der Waals surface area contributed by atoms with Gasteiger partial charge in [-0.25, -0.2) is 0 Å². The van der Waals surface area contributed by atoms with E-state index in [9.17, 15) is 5.48 Å². The molecule has 10 aromatic rings. The average Bonchev–Trinajstić information content (AvgIpc) is 3.64. The summed E-state index contributed by atoms with van der Waals surface area (Å²) >= 11 is 0. The molecule has 0 spiro atoms. The normalized spacial score (nSPS) is 12.5. The molecule has 10 rings (SSSR count). The summed E-state index contributed by atoms with van der Waals surface area (Å²) in [6.07, 6.45) is 0. The average molecular weight is 668 g/mol. The highest BCUT2D eigenvalue weighted by molar-refractivity contribution is 6.12. The van der Waals surface area contributed by atoms with Crippen LogP contribution in [0.4, 0.5) is 17.1 Å². The highest BCUT2D eigenvalue weighted by atomic mass is 16.3. The maximum absolute atomic E-state index is 9.51. The Hall–Kier alpha value is -6.90. The van der Waals surface area contributed by atoms with Crippen molar-refractivity contribution in [3.8, 4) is 33.4 Å². The number of hydrogen-bond donors (Lipinski definition) is 0. The highest BCUT2D eigenvalue weighted by Crippen LogP contribution is 2.41. The van der Waals surface area contributed by atoms with Crippen LogP contribution < -0.4 is 4.90 Å². The second-order valence-corrected chi connectivity index (χ2v) is 13.0. The van der Waals surface area contributed by atoms with Crippen LogP contribution in [0, 0.1) is 0 Å². The van der Waals surface area contributed by atoms with Gasteiger partial charge in [0.25, 0.3) is 0 Å². The fraction of sp³-hybridized carbons (Fsp3) is 0. The van der Waals surface area contributed by atoms with Gasteiger partial charge >= 0.3 is 0 Å². The summed E-state index contributed by atoms with van der Waals surface area (Å²) < 4.78 is 44.0. The number of hydrogen-bond acceptors (Lipinski definition) is 2. The summed E-state index contributed by atoms with van der Waals surface area (Å²) in [4.78, 5) is 1.85. The fourth-order valence-electron chi connectivity index (χ4n) is 7.48. The summed E-state index contributed by atoms with van der Waals surface area (Å²) in [6, 6.07) is 58.1. The van der Waals surface area contributed by atoms with Gasteiger partial charge in [0.05, 0.1) is 5.48 Å². The Kier molecular flexibility index (Phi) is 6.22. The predicted octanol–water partition coefficient (Wildman–Crippen LogP) is 14.4. The Labute approximate surface area is 308 Å². The van der Waals surface area contributed by atoms with E-state index in [1.54, 1.807) is 0 Å². The van der Waals surface area contributed by atoms with E-state index in [1.807, 2.05) is 126 Å². The topological polar surface area (TPSA) is 16.4 Å². The van der Waals surface area contributed by atoms with Crippen LogP contribution in [-0.2, 0) is 0 Å². The zero-order valence-electron chi connectivity index (χ0n) is 32.1. The molecule has 0 unspecified atom stereocenters. The van der Waals surface area contributed by atoms with E-state index in [-0.39, 0.29) is 35.4 Å². The first-order valence-corrected chi connectivity index (χ1v) is 17.4. The van der Waals surface area contributed by atoms with Gasteiger partial charge in [-0.3, -0.25) is 0 Å². The second kappa shape index (κ2) is 12.5. The Morgan fingerprint density at radius 3 is 1.44 bits per heavy atom. The first-order valence-electron chi connectivity index (χ1n) is 19.4. The molecule has 0 amide bonds. The van der Waals surface area contributed by atoms with Gasteiger partial charge in [0.15, 0.2) is 0 Å². The Morgan fingerprint density at radius 1 is 0.346 bits per heavy atom. The molecule has 0 fully saturated rings. The van der Waals surface area contributed by atoms with Crippen LogP contribution in [0.25, 0.3) is 76.9 Å². The van der Waals surface area contributed by atoms with Crippen molar-refractivity contribution >= 4 is 60.5 Å². The van der Waals surface area contributed by atoms with Gasteiger partial charge in [-0.15, -0.1) is 0 Å². The van der Waals surface area contributed by atoms with Crippen LogP contribution >= 0.6 is 0 Å². The van der Waals surface area contributed by atoms with Gasteiger partial charge in [0, 0.05) is 27.8 Å². The second-order valence-electron chi connectivity index (χ2n) is 13.0. The van der Waals surface area contributed by atoms with Crippen molar-refractivity contribution in [1.29, 1.82) is 0 Å². The van der Waals surface area contributed by atoms with Gasteiger partial charge in [0.2, 0.25) is 0 Å². The molecular weight excluding hydrogens is 631 g/mol. The van der Waals surface area contributed by atoms with Crippen LogP contribution in [-0.4, -0.2) is 0 Å². The molecule has 52 heavy (non-hydrogen) atoms. The number of rotatable bonds is 6. The highest BCUT2D eigenvalue weighted by Gasteiger charge is 2.16. The van der Waals surface area contributed by atoms with Crippen molar-refractivity contribution in [3.05, 3.63) is 200 Å². The van der Waals surface area contributed by atoms with Crippen molar-refractivity contribution in [2.24, 2.45) is 0 Å². The number of furan rings is 1. The molecule has 0 saturated carbocycles. The lowest BCUT2D eigenvalue weighted by Crippen LogP contribution is -2.09. The van der Waals surface area contributed by atoms with Crippen molar-refractivity contribution in [2.45, 2.75) is 0 Å². The van der Waals surface area contributed by atoms with Crippen molar-refractivity contribution in [2.75, 3.05) is 4.90 Å². The zero-order chi connectivity index (χ0) is 37.9. The molecule has 1 heterocycles. The first kappa shape index (κ1) is 26.0. The third kappa shape index (κ3) is 5.12. The smallest absolute Gasteiger partial charge is 0.136 e. The van der Waals surface area contributed by atoms with Gasteiger partial charge < -0.3 is 9.32 Å². The molecule has 244 valence electrons. The Bertz CT molecular complexity index is 3090. The molecule has 0 bridgehead atoms. The molecule has 2 heteroatoms. The van der Waals surface area contributed by atoms with E-state index in [2.05, 4.69) is 54.6 Å². The van der Waals surface area contributed by atoms with Crippen LogP contribution in [0.1, 0.15) is 5.48 Å². The number of fused-ring (bicyclic) bond motifs is 5. The van der Waals surface area contributed by atoms with E-state index in [1.165, 1.54) is 0 Å². The van der Waals surface area contributed by atoms with E-state index >= 15 is 0 Å². The quantitative estimate of drug-likeness (QED) is 0.175. The van der Waals surface area contributed by atoms with Crippen molar-refractivity contribution < 1.29 is 9.90 Å². The van der Waals surface area contributed by atoms with E-state index in [0.717, 1.165) is 65.7 Å². The van der Waals surface area contributed by atoms with Crippen LogP contribution in [0.3, 0.4) is 0 Å². The van der Waals surface area contributed by atoms with Crippen molar-refractivity contribution in [1.82, 2.24) is 0 Å². The minimum atomic E-state index is -0.120. The molecule has 0 atom stereocenters. The number of anilines is 3. The summed E-state index contributed by atoms with van der Waals surface area (Å²) in [7, 11) is 0. The fourth-order valence-corrected chi connectivity index (χ4v) is 7.48. The SMILES string of the molecule is [2H]c1c([2H])c(N(c2ccc(-c3cccc4ccccc34)cc2)c2ccc(-c3cccc4oc5ccccc5c34)cc2)c([2H])c([2H])c1-c1cccc2ccccc12. The third-order valence-corrected chi connectivity index (χ3v) is 9.96. The minimum Gasteiger partial charge on any atom is -0.456 e. The lowest BCUT2D eigenvalue weighted by molar-refractivity contribution is 0.669. The molecule has 0 aliphatic heterocycles. The van der Waals surface area contributed by atoms with Crippen LogP contribution in [0.15, 0.2) is 205 Å². The molecular formula is C50H33NO. The largest absolute Gasteiger partial charge is 0.456 e. The molecule has 2 nitrogen and oxygen atoms in total. The minimum absolute atomic E-state index is 0.0927. The lowest BCUT2D eigenvalue weighted by atomic mass is 9.97. The van der Waals surface area contributed by atoms with E-state index in [4.69, 9.17) is 4.42 Å². The number of para-hydroxylation sites is 1. The maximum atomic E-state index is 9.51. The monoisotopic (exact) mass is 667 g/mol. The Morgan fingerprint density at radius 2 is 0.808 bits per heavy atom. The summed E-state index contributed by atoms with van der Waals surface area (Å²) in [5.74, 6) is 0. The molecule has 1 aromatic heterocycles. The zero-order valence-corrected chi connectivity index (χ0v) is 28.1. The van der Waals surface area contributed by atoms with E-state index in [0.29, 0.717) is 16.9 Å². The van der Waals surface area contributed by atoms with Gasteiger partial charge in [0.1, 0.15) is 11.2 Å². The molecule has 0 radical (unpaired) electrons. The standard InChI is InChI=1S/C50H33NO/c1-3-14-42-34(10-1)12-7-17-44(42)36-22-28-39(29-23-36)51(40-30-24-37(25-31-40)45-18-8-13-35-11-2-4-15-43(35)45)41-32-26-38(27-33-41)46-19-9-21-49-50(46)47-16-5-6-20-48(47)52-49/h1-33H/i22D,23D,28D,29D. The van der Waals surface area contributed by atoms with Crippen LogP contribution in [0.5, 0.6) is 0 Å². The summed E-state index contributed by atoms with van der Waals surface area (Å²) in [6.45, 7) is 0. The lowest BCUT2D eigenvalue weighted by Gasteiger charge is -2.26.